The fourth-order valence-electron chi connectivity index (χ4n) is 3.66. The van der Waals surface area contributed by atoms with Crippen LogP contribution in [0.15, 0.2) is 61.2 Å². The Morgan fingerprint density at radius 2 is 1.93 bits per heavy atom. The van der Waals surface area contributed by atoms with E-state index in [0.717, 1.165) is 53.3 Å². The molecule has 0 saturated carbocycles. The highest BCUT2D eigenvalue weighted by Crippen LogP contribution is 2.26. The Hall–Kier alpha value is -3.61. The van der Waals surface area contributed by atoms with Crippen LogP contribution in [-0.2, 0) is 19.6 Å². The number of nitrogens with two attached hydrogens (primary N) is 1. The quantitative estimate of drug-likeness (QED) is 0.574. The van der Waals surface area contributed by atoms with Gasteiger partial charge in [-0.3, -0.25) is 0 Å². The van der Waals surface area contributed by atoms with Gasteiger partial charge in [0.05, 0.1) is 6.54 Å². The number of aromatic nitrogens is 4. The van der Waals surface area contributed by atoms with Crippen molar-refractivity contribution in [2.24, 2.45) is 0 Å². The highest BCUT2D eigenvalue weighted by Gasteiger charge is 2.17. The van der Waals surface area contributed by atoms with Gasteiger partial charge in [0.1, 0.15) is 17.5 Å². The van der Waals surface area contributed by atoms with E-state index in [1.54, 1.807) is 6.20 Å². The van der Waals surface area contributed by atoms with E-state index < -0.39 is 0 Å². The molecule has 0 atom stereocenters. The first kappa shape index (κ1) is 16.6. The molecule has 0 spiro atoms. The van der Waals surface area contributed by atoms with Crippen molar-refractivity contribution in [2.45, 2.75) is 19.6 Å². The van der Waals surface area contributed by atoms with Gasteiger partial charge in [-0.2, -0.15) is 0 Å². The Bertz CT molecular complexity index is 1120. The second-order valence-corrected chi connectivity index (χ2v) is 6.93. The number of nitrogens with one attached hydrogen (secondary N) is 1. The maximum Gasteiger partial charge on any atom is 0.131 e. The van der Waals surface area contributed by atoms with Crippen molar-refractivity contribution in [3.05, 3.63) is 72.6 Å². The average molecular weight is 371 g/mol. The number of pyridine rings is 2. The first-order valence-corrected chi connectivity index (χ1v) is 9.35. The minimum Gasteiger partial charge on any atom is -0.383 e. The van der Waals surface area contributed by atoms with E-state index >= 15 is 0 Å². The van der Waals surface area contributed by atoms with Crippen LogP contribution in [0, 0.1) is 0 Å². The van der Waals surface area contributed by atoms with Crippen LogP contribution in [0.25, 0.3) is 10.8 Å². The average Bonchev–Trinajstić information content (AvgIpc) is 3.21. The maximum atomic E-state index is 5.98. The van der Waals surface area contributed by atoms with Gasteiger partial charge >= 0.3 is 0 Å². The van der Waals surface area contributed by atoms with Crippen molar-refractivity contribution >= 4 is 28.1 Å². The summed E-state index contributed by atoms with van der Waals surface area (Å²) in [4.78, 5) is 15.5. The molecule has 3 N–H and O–H groups in total. The van der Waals surface area contributed by atoms with Gasteiger partial charge in [-0.15, -0.1) is 0 Å². The Morgan fingerprint density at radius 1 is 0.964 bits per heavy atom. The summed E-state index contributed by atoms with van der Waals surface area (Å²) < 4.78 is 2.20. The molecular weight excluding hydrogens is 350 g/mol. The van der Waals surface area contributed by atoms with E-state index in [9.17, 15) is 0 Å². The van der Waals surface area contributed by atoms with Crippen molar-refractivity contribution in [2.75, 3.05) is 22.5 Å². The van der Waals surface area contributed by atoms with Gasteiger partial charge in [-0.05, 0) is 23.8 Å². The van der Waals surface area contributed by atoms with Crippen molar-refractivity contribution in [1.82, 2.24) is 19.5 Å². The molecule has 4 heterocycles. The summed E-state index contributed by atoms with van der Waals surface area (Å²) in [5.74, 6) is 2.62. The lowest BCUT2D eigenvalue weighted by molar-refractivity contribution is 0.556. The predicted molar refractivity (Wildman–Crippen MR) is 111 cm³/mol. The van der Waals surface area contributed by atoms with Gasteiger partial charge in [0, 0.05) is 60.9 Å². The zero-order chi connectivity index (χ0) is 18.9. The molecule has 1 aliphatic rings. The predicted octanol–water partition coefficient (Wildman–Crippen LogP) is 3.04. The summed E-state index contributed by atoms with van der Waals surface area (Å²) in [6.07, 6.45) is 7.57. The summed E-state index contributed by atoms with van der Waals surface area (Å²) in [5.41, 5.74) is 8.15. The lowest BCUT2D eigenvalue weighted by Crippen LogP contribution is -2.34. The molecular formula is C21H21N7. The number of hydrogen-bond donors (Lipinski definition) is 2. The molecule has 0 fully saturated rings. The molecule has 7 heteroatoms. The van der Waals surface area contributed by atoms with E-state index in [1.807, 2.05) is 36.8 Å². The largest absolute Gasteiger partial charge is 0.383 e. The van der Waals surface area contributed by atoms with Crippen LogP contribution in [0.1, 0.15) is 11.4 Å². The topological polar surface area (TPSA) is 84.9 Å². The molecule has 0 saturated heterocycles. The summed E-state index contributed by atoms with van der Waals surface area (Å²) in [5, 5.41) is 5.52. The second kappa shape index (κ2) is 6.84. The lowest BCUT2D eigenvalue weighted by atomic mass is 10.1. The molecule has 5 rings (SSSR count). The summed E-state index contributed by atoms with van der Waals surface area (Å²) in [7, 11) is 0. The number of fused-ring (bicyclic) bond motifs is 2. The number of rotatable bonds is 4. The molecule has 0 radical (unpaired) electrons. The first-order chi connectivity index (χ1) is 13.8. The van der Waals surface area contributed by atoms with Crippen LogP contribution in [0.5, 0.6) is 0 Å². The molecule has 0 bridgehead atoms. The third-order valence-electron chi connectivity index (χ3n) is 5.20. The summed E-state index contributed by atoms with van der Waals surface area (Å²) in [6, 6.07) is 12.2. The fourth-order valence-corrected chi connectivity index (χ4v) is 3.66. The highest BCUT2D eigenvalue weighted by molar-refractivity contribution is 5.99. The molecule has 0 amide bonds. The van der Waals surface area contributed by atoms with E-state index in [-0.39, 0.29) is 0 Å². The third kappa shape index (κ3) is 3.00. The third-order valence-corrected chi connectivity index (χ3v) is 5.20. The Morgan fingerprint density at radius 3 is 2.82 bits per heavy atom. The van der Waals surface area contributed by atoms with E-state index in [4.69, 9.17) is 5.73 Å². The number of anilines is 3. The van der Waals surface area contributed by atoms with Gasteiger partial charge < -0.3 is 20.5 Å². The van der Waals surface area contributed by atoms with Crippen molar-refractivity contribution in [3.63, 3.8) is 0 Å². The molecule has 0 aliphatic carbocycles. The number of benzene rings is 1. The molecule has 1 aromatic carbocycles. The molecule has 140 valence electrons. The summed E-state index contributed by atoms with van der Waals surface area (Å²) >= 11 is 0. The van der Waals surface area contributed by atoms with Crippen molar-refractivity contribution in [3.8, 4) is 0 Å². The van der Waals surface area contributed by atoms with Crippen molar-refractivity contribution < 1.29 is 0 Å². The van der Waals surface area contributed by atoms with Gasteiger partial charge in [-0.25, -0.2) is 15.0 Å². The lowest BCUT2D eigenvalue weighted by Gasteiger charge is -2.28. The highest BCUT2D eigenvalue weighted by atomic mass is 15.3. The standard InChI is InChI=1S/C21H21N7/c22-21-17-2-1-3-18(16(17)6-7-24-21)25-12-15-4-5-19(26-13-15)28-11-10-27-9-8-23-20(27)14-28/h1-9,13,25H,10-12,14H2,(H2,22,24). The monoisotopic (exact) mass is 371 g/mol. The first-order valence-electron chi connectivity index (χ1n) is 9.35. The van der Waals surface area contributed by atoms with Crippen LogP contribution in [0.3, 0.4) is 0 Å². The SMILES string of the molecule is Nc1nccc2c(NCc3ccc(N4CCn5ccnc5C4)nc3)cccc12. The Balaban J connectivity index is 1.29. The second-order valence-electron chi connectivity index (χ2n) is 6.93. The van der Waals surface area contributed by atoms with Crippen LogP contribution in [0.4, 0.5) is 17.3 Å². The van der Waals surface area contributed by atoms with Gasteiger partial charge in [0.25, 0.3) is 0 Å². The van der Waals surface area contributed by atoms with E-state index in [2.05, 4.69) is 47.9 Å². The number of nitrogen functional groups attached to an aromatic ring is 1. The molecule has 0 unspecified atom stereocenters. The maximum absolute atomic E-state index is 5.98. The van der Waals surface area contributed by atoms with Crippen LogP contribution in [0.2, 0.25) is 0 Å². The minimum atomic E-state index is 0.550. The molecule has 28 heavy (non-hydrogen) atoms. The molecule has 3 aromatic heterocycles. The fraction of sp³-hybridized carbons (Fsp3) is 0.190. The van der Waals surface area contributed by atoms with Gasteiger partial charge in [0.15, 0.2) is 0 Å². The minimum absolute atomic E-state index is 0.550. The molecule has 1 aliphatic heterocycles. The number of imidazole rings is 1. The van der Waals surface area contributed by atoms with Crippen LogP contribution in [-0.4, -0.2) is 26.1 Å². The smallest absolute Gasteiger partial charge is 0.131 e. The van der Waals surface area contributed by atoms with Crippen LogP contribution < -0.4 is 16.0 Å². The number of hydrogen-bond acceptors (Lipinski definition) is 6. The zero-order valence-electron chi connectivity index (χ0n) is 15.4. The Labute approximate surface area is 162 Å². The normalized spacial score (nSPS) is 13.5. The van der Waals surface area contributed by atoms with Crippen molar-refractivity contribution in [1.29, 1.82) is 0 Å². The van der Waals surface area contributed by atoms with Crippen LogP contribution >= 0.6 is 0 Å². The number of nitrogens with zero attached hydrogens (tertiary/aromatic N) is 5. The summed E-state index contributed by atoms with van der Waals surface area (Å²) in [6.45, 7) is 3.38. The van der Waals surface area contributed by atoms with Gasteiger partial charge in [0.2, 0.25) is 0 Å². The van der Waals surface area contributed by atoms with E-state index in [0.29, 0.717) is 12.4 Å². The molecule has 4 aromatic rings. The molecule has 7 nitrogen and oxygen atoms in total. The zero-order valence-corrected chi connectivity index (χ0v) is 15.4. The Kier molecular flexibility index (Phi) is 4.05. The van der Waals surface area contributed by atoms with Gasteiger partial charge in [-0.1, -0.05) is 18.2 Å². The van der Waals surface area contributed by atoms with E-state index in [1.165, 1.54) is 0 Å².